The topological polar surface area (TPSA) is 105 Å². The monoisotopic (exact) mass is 777 g/mol. The molecule has 1 heterocycles. The van der Waals surface area contributed by atoms with Crippen molar-refractivity contribution in [3.05, 3.63) is 131 Å². The number of carboxylic acid groups (broad SMARTS) is 1. The van der Waals surface area contributed by atoms with Crippen molar-refractivity contribution >= 4 is 17.6 Å². The van der Waals surface area contributed by atoms with Crippen molar-refractivity contribution in [3.8, 4) is 5.75 Å². The van der Waals surface area contributed by atoms with Gasteiger partial charge in [0.2, 0.25) is 5.91 Å². The molecule has 0 aliphatic carbocycles. The fraction of sp³-hybridized carbons (Fsp3) is 0.458. The maximum absolute atomic E-state index is 13.7. The summed E-state index contributed by atoms with van der Waals surface area (Å²) in [4.78, 5) is 29.7. The molecule has 0 radical (unpaired) electrons. The summed E-state index contributed by atoms with van der Waals surface area (Å²) in [5.41, 5.74) is 10.8. The van der Waals surface area contributed by atoms with Gasteiger partial charge < -0.3 is 34.6 Å². The summed E-state index contributed by atoms with van der Waals surface area (Å²) < 4.78 is 12.3. The Hall–Kier alpha value is -4.70. The number of ether oxygens (including phenoxy) is 2. The lowest BCUT2D eigenvalue weighted by Gasteiger charge is -2.38. The number of methoxy groups -OCH3 is 1. The van der Waals surface area contributed by atoms with Gasteiger partial charge in [0, 0.05) is 43.9 Å². The minimum absolute atomic E-state index is 0.0490. The molecular weight excluding hydrogens is 713 g/mol. The number of hydrogen-bond donors (Lipinski definition) is 2. The predicted octanol–water partition coefficient (Wildman–Crippen LogP) is 7.56. The number of aliphatic carboxylic acids is 1. The summed E-state index contributed by atoms with van der Waals surface area (Å²) in [5, 5.41) is 9.11. The Morgan fingerprint density at radius 3 is 2.12 bits per heavy atom. The zero-order chi connectivity index (χ0) is 40.5. The summed E-state index contributed by atoms with van der Waals surface area (Å²) in [6, 6.07) is 36.9. The van der Waals surface area contributed by atoms with Gasteiger partial charge in [0.25, 0.3) is 0 Å². The summed E-state index contributed by atoms with van der Waals surface area (Å²) in [7, 11) is 6.37. The van der Waals surface area contributed by atoms with Crippen molar-refractivity contribution < 1.29 is 28.7 Å². The summed E-state index contributed by atoms with van der Waals surface area (Å²) >= 11 is 0. The maximum atomic E-state index is 13.7. The minimum Gasteiger partial charge on any atom is -0.496 e. The van der Waals surface area contributed by atoms with Crippen LogP contribution in [0.25, 0.3) is 0 Å². The third kappa shape index (κ3) is 12.4. The molecule has 1 amide bonds. The number of nitrogens with two attached hydrogens (primary N) is 1. The number of likely N-dealkylation sites (N-methyl/N-ethyl adjacent to an activating group) is 1. The molecule has 1 unspecified atom stereocenters. The first-order chi connectivity index (χ1) is 27.6. The lowest BCUT2D eigenvalue weighted by molar-refractivity contribution is -0.889. The number of para-hydroxylation sites is 1. The normalized spacial score (nSPS) is 14.8. The van der Waals surface area contributed by atoms with Crippen molar-refractivity contribution in [1.29, 1.82) is 0 Å². The third-order valence-corrected chi connectivity index (χ3v) is 11.8. The molecule has 0 aromatic heterocycles. The Morgan fingerprint density at radius 1 is 0.825 bits per heavy atom. The molecule has 4 aromatic rings. The zero-order valence-corrected chi connectivity index (χ0v) is 34.5. The van der Waals surface area contributed by atoms with Crippen molar-refractivity contribution in [1.82, 2.24) is 4.90 Å². The van der Waals surface area contributed by atoms with E-state index in [4.69, 9.17) is 20.3 Å². The van der Waals surface area contributed by atoms with Gasteiger partial charge in [-0.2, -0.15) is 0 Å². The Kier molecular flexibility index (Phi) is 16.5. The second-order valence-corrected chi connectivity index (χ2v) is 16.3. The molecule has 5 rings (SSSR count). The highest BCUT2D eigenvalue weighted by Crippen LogP contribution is 2.43. The van der Waals surface area contributed by atoms with E-state index in [2.05, 4.69) is 54.2 Å². The van der Waals surface area contributed by atoms with Crippen LogP contribution >= 0.6 is 0 Å². The van der Waals surface area contributed by atoms with Gasteiger partial charge in [-0.3, -0.25) is 9.59 Å². The Morgan fingerprint density at radius 2 is 1.47 bits per heavy atom. The third-order valence-electron chi connectivity index (χ3n) is 11.8. The van der Waals surface area contributed by atoms with Gasteiger partial charge in [0.15, 0.2) is 0 Å². The number of carbonyl (C=O) groups is 2. The van der Waals surface area contributed by atoms with E-state index in [-0.39, 0.29) is 18.2 Å². The minimum atomic E-state index is -0.905. The fourth-order valence-corrected chi connectivity index (χ4v) is 8.47. The number of likely N-dealkylation sites (tertiary alicyclic amines) is 1. The fourth-order valence-electron chi connectivity index (χ4n) is 8.47. The van der Waals surface area contributed by atoms with E-state index in [1.54, 1.807) is 7.11 Å². The number of nitrogens with zero attached hydrogens (tertiary/aromatic N) is 3. The number of anilines is 1. The number of carbonyl (C=O) groups excluding carboxylic acids is 1. The molecule has 1 aliphatic rings. The highest BCUT2D eigenvalue weighted by Gasteiger charge is 2.49. The molecule has 0 bridgehead atoms. The zero-order valence-electron chi connectivity index (χ0n) is 34.5. The number of carboxylic acids is 1. The van der Waals surface area contributed by atoms with Gasteiger partial charge in [-0.25, -0.2) is 0 Å². The van der Waals surface area contributed by atoms with E-state index in [0.717, 1.165) is 111 Å². The number of primary amides is 1. The first-order valence-electron chi connectivity index (χ1n) is 20.8. The van der Waals surface area contributed by atoms with E-state index < -0.39 is 11.4 Å². The molecule has 57 heavy (non-hydrogen) atoms. The predicted molar refractivity (Wildman–Crippen MR) is 230 cm³/mol. The number of rotatable bonds is 25. The molecule has 4 aromatic carbocycles. The number of unbranched alkanes of at least 4 members (excludes halogenated alkanes) is 3. The van der Waals surface area contributed by atoms with Crippen LogP contribution < -0.4 is 15.4 Å². The summed E-state index contributed by atoms with van der Waals surface area (Å²) in [6.45, 7) is 7.80. The van der Waals surface area contributed by atoms with E-state index in [1.165, 1.54) is 18.5 Å². The van der Waals surface area contributed by atoms with Crippen LogP contribution in [0, 0.1) is 5.92 Å². The van der Waals surface area contributed by atoms with Gasteiger partial charge in [-0.05, 0) is 85.9 Å². The second-order valence-electron chi connectivity index (χ2n) is 16.3. The Bertz CT molecular complexity index is 1760. The average Bonchev–Trinajstić information content (AvgIpc) is 3.69. The molecule has 306 valence electrons. The Balaban J connectivity index is 1.17. The lowest BCUT2D eigenvalue weighted by Crippen LogP contribution is -2.49. The van der Waals surface area contributed by atoms with Gasteiger partial charge >= 0.3 is 5.97 Å². The summed E-state index contributed by atoms with van der Waals surface area (Å²) in [5.74, 6) is -0.126. The number of benzene rings is 4. The van der Waals surface area contributed by atoms with E-state index in [1.807, 2.05) is 78.9 Å². The van der Waals surface area contributed by atoms with Crippen LogP contribution in [0.2, 0.25) is 0 Å². The van der Waals surface area contributed by atoms with E-state index in [9.17, 15) is 9.59 Å². The standard InChI is InChI=1S/C48H64N4O5/c1-52(2,34-14-4-5-15-36-57-38-40-18-12-13-23-45(40)56-3)35-33-51(44-27-25-39(26-28-44)17-16-24-46(53)54)32-31-50-30-29-43(37-50)48(47(49)55,41-19-8-6-9-20-41)42-21-10-7-11-22-42/h6-13,18-23,25-28,43H,4-5,14-17,24,29-38H2,1-3H3,(H2-,49,53,54,55)/p+1. The van der Waals surface area contributed by atoms with Crippen LogP contribution in [0.5, 0.6) is 5.75 Å². The molecule has 1 saturated heterocycles. The number of quaternary nitrogens is 1. The molecule has 0 spiro atoms. The van der Waals surface area contributed by atoms with Crippen LogP contribution in [-0.4, -0.2) is 100.0 Å². The number of hydrogen-bond acceptors (Lipinski definition) is 6. The van der Waals surface area contributed by atoms with Crippen molar-refractivity contribution in [3.63, 3.8) is 0 Å². The van der Waals surface area contributed by atoms with Crippen LogP contribution in [-0.2, 0) is 32.8 Å². The molecular formula is C48H65N4O5+. The van der Waals surface area contributed by atoms with Crippen molar-refractivity contribution in [2.24, 2.45) is 11.7 Å². The molecule has 3 N–H and O–H groups in total. The largest absolute Gasteiger partial charge is 0.496 e. The molecule has 1 fully saturated rings. The smallest absolute Gasteiger partial charge is 0.303 e. The average molecular weight is 778 g/mol. The molecule has 1 atom stereocenters. The quantitative estimate of drug-likeness (QED) is 0.0529. The lowest BCUT2D eigenvalue weighted by atomic mass is 9.64. The molecule has 9 heteroatoms. The van der Waals surface area contributed by atoms with E-state index in [0.29, 0.717) is 13.0 Å². The number of aryl methyl sites for hydroxylation is 1. The highest BCUT2D eigenvalue weighted by atomic mass is 16.5. The van der Waals surface area contributed by atoms with Crippen LogP contribution in [0.4, 0.5) is 5.69 Å². The van der Waals surface area contributed by atoms with Crippen LogP contribution in [0.1, 0.15) is 67.2 Å². The van der Waals surface area contributed by atoms with Crippen molar-refractivity contribution in [2.45, 2.75) is 63.4 Å². The van der Waals surface area contributed by atoms with E-state index >= 15 is 0 Å². The van der Waals surface area contributed by atoms with Crippen molar-refractivity contribution in [2.75, 3.05) is 78.5 Å². The van der Waals surface area contributed by atoms with Gasteiger partial charge in [-0.15, -0.1) is 0 Å². The second kappa shape index (κ2) is 21.7. The Labute approximate surface area is 341 Å². The van der Waals surface area contributed by atoms with Crippen LogP contribution in [0.3, 0.4) is 0 Å². The summed E-state index contributed by atoms with van der Waals surface area (Å²) in [6.07, 6.45) is 7.01. The SMILES string of the molecule is COc1ccccc1COCCCCCC[N+](C)(C)CCN(CCN1CCC(C(C(N)=O)(c2ccccc2)c2ccccc2)C1)c1ccc(CCCC(=O)O)cc1. The van der Waals surface area contributed by atoms with Gasteiger partial charge in [0.1, 0.15) is 11.2 Å². The van der Waals surface area contributed by atoms with Gasteiger partial charge in [0.05, 0.1) is 47.4 Å². The van der Waals surface area contributed by atoms with Crippen LogP contribution in [0.15, 0.2) is 109 Å². The maximum Gasteiger partial charge on any atom is 0.303 e. The molecule has 1 aliphatic heterocycles. The molecule has 9 nitrogen and oxygen atoms in total. The molecule has 0 saturated carbocycles. The van der Waals surface area contributed by atoms with Gasteiger partial charge in [-0.1, -0.05) is 97.4 Å². The number of amides is 1. The first-order valence-corrected chi connectivity index (χ1v) is 20.8. The highest BCUT2D eigenvalue weighted by molar-refractivity contribution is 5.91. The first kappa shape index (κ1) is 43.4.